The summed E-state index contributed by atoms with van der Waals surface area (Å²) < 4.78 is 5.46. The maximum absolute atomic E-state index is 5.78. The van der Waals surface area contributed by atoms with Gasteiger partial charge in [0.15, 0.2) is 0 Å². The lowest BCUT2D eigenvalue weighted by molar-refractivity contribution is 0.304. The van der Waals surface area contributed by atoms with E-state index in [0.29, 0.717) is 18.4 Å². The molecule has 0 bridgehead atoms. The summed E-state index contributed by atoms with van der Waals surface area (Å²) in [6.07, 6.45) is 3.45. The quantitative estimate of drug-likeness (QED) is 0.737. The van der Waals surface area contributed by atoms with Gasteiger partial charge in [0.1, 0.15) is 12.1 Å². The third-order valence-corrected chi connectivity index (χ3v) is 2.80. The first-order valence-electron chi connectivity index (χ1n) is 6.32. The fourth-order valence-electron chi connectivity index (χ4n) is 1.40. The average Bonchev–Trinajstić information content (AvgIpc) is 2.35. The Morgan fingerprint density at radius 3 is 2.83 bits per heavy atom. The zero-order chi connectivity index (χ0) is 13.4. The monoisotopic (exact) mass is 271 g/mol. The van der Waals surface area contributed by atoms with Crippen LogP contribution in [0.5, 0.6) is 5.88 Å². The molecule has 1 rings (SSSR count). The number of ether oxygens (including phenoxy) is 1. The molecule has 4 nitrogen and oxygen atoms in total. The molecule has 18 heavy (non-hydrogen) atoms. The molecule has 0 atom stereocenters. The molecule has 102 valence electrons. The van der Waals surface area contributed by atoms with E-state index in [1.54, 1.807) is 0 Å². The summed E-state index contributed by atoms with van der Waals surface area (Å²) in [6.45, 7) is 7.92. The molecule has 1 N–H and O–H groups in total. The van der Waals surface area contributed by atoms with E-state index in [4.69, 9.17) is 16.3 Å². The van der Waals surface area contributed by atoms with Crippen LogP contribution in [-0.4, -0.2) is 29.0 Å². The van der Waals surface area contributed by atoms with Gasteiger partial charge in [0.05, 0.1) is 6.61 Å². The lowest BCUT2D eigenvalue weighted by atomic mass is 9.90. The van der Waals surface area contributed by atoms with Gasteiger partial charge < -0.3 is 10.1 Å². The Balaban J connectivity index is 2.51. The smallest absolute Gasteiger partial charge is 0.218 e. The topological polar surface area (TPSA) is 47.0 Å². The largest absolute Gasteiger partial charge is 0.478 e. The van der Waals surface area contributed by atoms with Crippen LogP contribution >= 0.6 is 11.6 Å². The van der Waals surface area contributed by atoms with Crippen molar-refractivity contribution in [3.05, 3.63) is 12.4 Å². The predicted molar refractivity (Wildman–Crippen MR) is 75.4 cm³/mol. The highest BCUT2D eigenvalue weighted by Gasteiger charge is 2.16. The van der Waals surface area contributed by atoms with Crippen molar-refractivity contribution in [1.82, 2.24) is 9.97 Å². The number of halogens is 1. The summed E-state index contributed by atoms with van der Waals surface area (Å²) in [5, 5.41) is 3.30. The van der Waals surface area contributed by atoms with Crippen LogP contribution in [0.3, 0.4) is 0 Å². The van der Waals surface area contributed by atoms with Crippen molar-refractivity contribution < 1.29 is 4.74 Å². The minimum Gasteiger partial charge on any atom is -0.478 e. The van der Waals surface area contributed by atoms with Crippen molar-refractivity contribution in [3.63, 3.8) is 0 Å². The molecule has 0 saturated carbocycles. The Hall–Kier alpha value is -1.03. The van der Waals surface area contributed by atoms with E-state index in [1.165, 1.54) is 6.33 Å². The SMILES string of the molecule is CCCOc1cc(NCC(C)(C)CCCl)ncn1. The summed E-state index contributed by atoms with van der Waals surface area (Å²) >= 11 is 5.78. The highest BCUT2D eigenvalue weighted by molar-refractivity contribution is 6.17. The normalized spacial score (nSPS) is 11.3. The number of hydrogen-bond donors (Lipinski definition) is 1. The third-order valence-electron chi connectivity index (χ3n) is 2.62. The summed E-state index contributed by atoms with van der Waals surface area (Å²) in [5.74, 6) is 2.08. The molecule has 0 amide bonds. The molecular formula is C13H22ClN3O. The van der Waals surface area contributed by atoms with Gasteiger partial charge in [0, 0.05) is 18.5 Å². The summed E-state index contributed by atoms with van der Waals surface area (Å²) in [6, 6.07) is 1.83. The Morgan fingerprint density at radius 1 is 1.39 bits per heavy atom. The van der Waals surface area contributed by atoms with E-state index in [9.17, 15) is 0 Å². The van der Waals surface area contributed by atoms with E-state index < -0.39 is 0 Å². The summed E-state index contributed by atoms with van der Waals surface area (Å²) in [5.41, 5.74) is 0.150. The van der Waals surface area contributed by atoms with Gasteiger partial charge in [-0.1, -0.05) is 20.8 Å². The van der Waals surface area contributed by atoms with Gasteiger partial charge in [-0.05, 0) is 18.3 Å². The lowest BCUT2D eigenvalue weighted by Crippen LogP contribution is -2.24. The van der Waals surface area contributed by atoms with Gasteiger partial charge in [-0.3, -0.25) is 0 Å². The van der Waals surface area contributed by atoms with Crippen molar-refractivity contribution in [2.24, 2.45) is 5.41 Å². The van der Waals surface area contributed by atoms with Crippen molar-refractivity contribution in [2.45, 2.75) is 33.6 Å². The van der Waals surface area contributed by atoms with Crippen molar-refractivity contribution in [3.8, 4) is 5.88 Å². The van der Waals surface area contributed by atoms with Gasteiger partial charge in [-0.2, -0.15) is 0 Å². The molecule has 0 unspecified atom stereocenters. The maximum atomic E-state index is 5.78. The Bertz CT molecular complexity index is 358. The number of anilines is 1. The number of nitrogens with one attached hydrogen (secondary N) is 1. The first kappa shape index (κ1) is 15.0. The predicted octanol–water partition coefficient (Wildman–Crippen LogP) is 3.33. The molecule has 1 aromatic heterocycles. The second kappa shape index (κ2) is 7.41. The fourth-order valence-corrected chi connectivity index (χ4v) is 1.91. The van der Waals surface area contributed by atoms with Gasteiger partial charge in [0.25, 0.3) is 0 Å². The van der Waals surface area contributed by atoms with Crippen LogP contribution in [0.15, 0.2) is 12.4 Å². The summed E-state index contributed by atoms with van der Waals surface area (Å²) in [7, 11) is 0. The Kier molecular flexibility index (Phi) is 6.19. The molecule has 0 fully saturated rings. The summed E-state index contributed by atoms with van der Waals surface area (Å²) in [4.78, 5) is 8.24. The van der Waals surface area contributed by atoms with Gasteiger partial charge >= 0.3 is 0 Å². The van der Waals surface area contributed by atoms with Crippen LogP contribution < -0.4 is 10.1 Å². The van der Waals surface area contributed by atoms with Crippen LogP contribution in [0.25, 0.3) is 0 Å². The molecule has 0 aliphatic heterocycles. The van der Waals surface area contributed by atoms with Crippen LogP contribution in [0.4, 0.5) is 5.82 Å². The van der Waals surface area contributed by atoms with E-state index in [0.717, 1.165) is 25.2 Å². The fraction of sp³-hybridized carbons (Fsp3) is 0.692. The highest BCUT2D eigenvalue weighted by Crippen LogP contribution is 2.22. The minimum atomic E-state index is 0.150. The first-order valence-corrected chi connectivity index (χ1v) is 6.85. The van der Waals surface area contributed by atoms with E-state index in [2.05, 4.69) is 36.1 Å². The number of alkyl halides is 1. The molecule has 0 aliphatic rings. The van der Waals surface area contributed by atoms with Gasteiger partial charge in [-0.15, -0.1) is 11.6 Å². The van der Waals surface area contributed by atoms with Crippen molar-refractivity contribution in [2.75, 3.05) is 24.3 Å². The van der Waals surface area contributed by atoms with E-state index in [-0.39, 0.29) is 5.41 Å². The molecule has 5 heteroatoms. The number of nitrogens with zero attached hydrogens (tertiary/aromatic N) is 2. The van der Waals surface area contributed by atoms with Gasteiger partial charge in [-0.25, -0.2) is 9.97 Å². The van der Waals surface area contributed by atoms with Crippen molar-refractivity contribution in [1.29, 1.82) is 0 Å². The molecule has 0 radical (unpaired) electrons. The second-order valence-corrected chi connectivity index (χ2v) is 5.42. The highest BCUT2D eigenvalue weighted by atomic mass is 35.5. The number of aromatic nitrogens is 2. The zero-order valence-electron chi connectivity index (χ0n) is 11.4. The molecule has 0 aromatic carbocycles. The van der Waals surface area contributed by atoms with Crippen molar-refractivity contribution >= 4 is 17.4 Å². The van der Waals surface area contributed by atoms with Gasteiger partial charge in [0.2, 0.25) is 5.88 Å². The number of rotatable bonds is 8. The first-order chi connectivity index (χ1) is 8.57. The third kappa shape index (κ3) is 5.54. The number of hydrogen-bond acceptors (Lipinski definition) is 4. The van der Waals surface area contributed by atoms with E-state index >= 15 is 0 Å². The average molecular weight is 272 g/mol. The van der Waals surface area contributed by atoms with Crippen LogP contribution in [0.1, 0.15) is 33.6 Å². The minimum absolute atomic E-state index is 0.150. The van der Waals surface area contributed by atoms with Crippen LogP contribution in [0.2, 0.25) is 0 Å². The van der Waals surface area contributed by atoms with E-state index in [1.807, 2.05) is 6.07 Å². The standard InChI is InChI=1S/C13H22ClN3O/c1-4-7-18-12-8-11(16-10-17-12)15-9-13(2,3)5-6-14/h8,10H,4-7,9H2,1-3H3,(H,15,16,17). The Morgan fingerprint density at radius 2 is 2.17 bits per heavy atom. The van der Waals surface area contributed by atoms with Crippen LogP contribution in [0, 0.1) is 5.41 Å². The molecule has 1 heterocycles. The second-order valence-electron chi connectivity index (χ2n) is 5.05. The molecular weight excluding hydrogens is 250 g/mol. The molecule has 0 spiro atoms. The lowest BCUT2D eigenvalue weighted by Gasteiger charge is -2.24. The Labute approximate surface area is 114 Å². The van der Waals surface area contributed by atoms with Crippen LogP contribution in [-0.2, 0) is 0 Å². The molecule has 0 aliphatic carbocycles. The maximum Gasteiger partial charge on any atom is 0.218 e. The zero-order valence-corrected chi connectivity index (χ0v) is 12.1. The molecule has 1 aromatic rings. The molecule has 0 saturated heterocycles.